The summed E-state index contributed by atoms with van der Waals surface area (Å²) < 4.78 is 5.82. The lowest BCUT2D eigenvalue weighted by molar-refractivity contribution is 0.582. The average Bonchev–Trinajstić information content (AvgIpc) is 3.04. The summed E-state index contributed by atoms with van der Waals surface area (Å²) >= 11 is 0. The van der Waals surface area contributed by atoms with Crippen LogP contribution in [0.5, 0.6) is 0 Å². The highest BCUT2D eigenvalue weighted by Crippen LogP contribution is 2.27. The van der Waals surface area contributed by atoms with E-state index in [1.165, 1.54) is 5.56 Å². The number of hydrogen-bond donors (Lipinski definition) is 0. The van der Waals surface area contributed by atoms with E-state index in [0.29, 0.717) is 11.8 Å². The van der Waals surface area contributed by atoms with Gasteiger partial charge in [0, 0.05) is 11.1 Å². The minimum Gasteiger partial charge on any atom is -0.416 e. The molecule has 3 rings (SSSR count). The van der Waals surface area contributed by atoms with Crippen molar-refractivity contribution in [3.63, 3.8) is 0 Å². The molecule has 3 aromatic rings. The zero-order valence-electron chi connectivity index (χ0n) is 13.7. The Kier molecular flexibility index (Phi) is 3.87. The lowest BCUT2D eigenvalue weighted by Gasteiger charge is -2.18. The molecular formula is C20H20N2O. The van der Waals surface area contributed by atoms with E-state index in [4.69, 9.17) is 4.42 Å². The summed E-state index contributed by atoms with van der Waals surface area (Å²) in [6.45, 7) is 10.4. The van der Waals surface area contributed by atoms with E-state index in [9.17, 15) is 0 Å². The molecule has 3 heteroatoms. The first-order valence-electron chi connectivity index (χ1n) is 7.65. The smallest absolute Gasteiger partial charge is 0.248 e. The van der Waals surface area contributed by atoms with Crippen LogP contribution in [0.15, 0.2) is 59.5 Å². The highest BCUT2D eigenvalue weighted by Gasteiger charge is 2.15. The molecule has 116 valence electrons. The van der Waals surface area contributed by atoms with Crippen LogP contribution in [0, 0.1) is 0 Å². The Labute approximate surface area is 136 Å². The molecule has 0 spiro atoms. The minimum absolute atomic E-state index is 0.129. The summed E-state index contributed by atoms with van der Waals surface area (Å²) in [5.74, 6) is 1.05. The fourth-order valence-corrected chi connectivity index (χ4v) is 2.37. The largest absolute Gasteiger partial charge is 0.416 e. The lowest BCUT2D eigenvalue weighted by atomic mass is 9.87. The van der Waals surface area contributed by atoms with E-state index in [2.05, 4.69) is 49.7 Å². The van der Waals surface area contributed by atoms with Gasteiger partial charge in [0.25, 0.3) is 0 Å². The minimum atomic E-state index is 0.129. The Bertz CT molecular complexity index is 823. The van der Waals surface area contributed by atoms with Crippen LogP contribution < -0.4 is 0 Å². The Hall–Kier alpha value is -2.68. The van der Waals surface area contributed by atoms with Gasteiger partial charge in [0.15, 0.2) is 0 Å². The summed E-state index contributed by atoms with van der Waals surface area (Å²) in [6.07, 6.45) is 1.80. The third-order valence-electron chi connectivity index (χ3n) is 3.79. The standard InChI is InChI=1S/C20H20N2O/c1-5-14-7-6-8-16(13-14)19-22-21-18(23-19)15-9-11-17(12-10-15)20(2,3)4/h5-13H,1H2,2-4H3. The fraction of sp³-hybridized carbons (Fsp3) is 0.200. The van der Waals surface area contributed by atoms with Crippen LogP contribution in [0.2, 0.25) is 0 Å². The van der Waals surface area contributed by atoms with Crippen LogP contribution in [0.1, 0.15) is 31.9 Å². The van der Waals surface area contributed by atoms with E-state index in [1.54, 1.807) is 6.08 Å². The molecule has 23 heavy (non-hydrogen) atoms. The lowest BCUT2D eigenvalue weighted by Crippen LogP contribution is -2.10. The quantitative estimate of drug-likeness (QED) is 0.655. The molecule has 0 amide bonds. The maximum absolute atomic E-state index is 5.82. The van der Waals surface area contributed by atoms with Crippen molar-refractivity contribution in [2.24, 2.45) is 0 Å². The van der Waals surface area contributed by atoms with Gasteiger partial charge in [-0.25, -0.2) is 0 Å². The van der Waals surface area contributed by atoms with Crippen molar-refractivity contribution in [2.45, 2.75) is 26.2 Å². The molecule has 0 bridgehead atoms. The van der Waals surface area contributed by atoms with Gasteiger partial charge in [-0.15, -0.1) is 10.2 Å². The molecule has 0 atom stereocenters. The van der Waals surface area contributed by atoms with Crippen molar-refractivity contribution in [1.82, 2.24) is 10.2 Å². The van der Waals surface area contributed by atoms with Crippen molar-refractivity contribution in [3.8, 4) is 22.9 Å². The maximum atomic E-state index is 5.82. The molecule has 0 N–H and O–H groups in total. The van der Waals surface area contributed by atoms with Crippen LogP contribution in [-0.2, 0) is 5.41 Å². The van der Waals surface area contributed by atoms with Crippen LogP contribution in [-0.4, -0.2) is 10.2 Å². The summed E-state index contributed by atoms with van der Waals surface area (Å²) in [7, 11) is 0. The van der Waals surface area contributed by atoms with Crippen molar-refractivity contribution in [2.75, 3.05) is 0 Å². The summed E-state index contributed by atoms with van der Waals surface area (Å²) in [4.78, 5) is 0. The first kappa shape index (κ1) is 15.2. The van der Waals surface area contributed by atoms with Crippen LogP contribution in [0.25, 0.3) is 29.0 Å². The number of benzene rings is 2. The predicted octanol–water partition coefficient (Wildman–Crippen LogP) is 5.34. The Balaban J connectivity index is 1.91. The van der Waals surface area contributed by atoms with Crippen LogP contribution in [0.4, 0.5) is 0 Å². The second-order valence-corrected chi connectivity index (χ2v) is 6.57. The monoisotopic (exact) mass is 304 g/mol. The SMILES string of the molecule is C=Cc1cccc(-c2nnc(-c3ccc(C(C)(C)C)cc3)o2)c1. The zero-order chi connectivity index (χ0) is 16.4. The zero-order valence-corrected chi connectivity index (χ0v) is 13.7. The van der Waals surface area contributed by atoms with Gasteiger partial charge in [-0.05, 0) is 40.8 Å². The Morgan fingerprint density at radius 2 is 1.57 bits per heavy atom. The first-order chi connectivity index (χ1) is 11.0. The highest BCUT2D eigenvalue weighted by atomic mass is 16.4. The molecule has 0 aliphatic heterocycles. The molecule has 0 saturated carbocycles. The molecule has 0 radical (unpaired) electrons. The molecule has 1 aromatic heterocycles. The average molecular weight is 304 g/mol. The fourth-order valence-electron chi connectivity index (χ4n) is 2.37. The first-order valence-corrected chi connectivity index (χ1v) is 7.65. The second kappa shape index (κ2) is 5.84. The third kappa shape index (κ3) is 3.24. The van der Waals surface area contributed by atoms with Gasteiger partial charge in [0.1, 0.15) is 0 Å². The predicted molar refractivity (Wildman–Crippen MR) is 94.0 cm³/mol. The van der Waals surface area contributed by atoms with E-state index >= 15 is 0 Å². The maximum Gasteiger partial charge on any atom is 0.248 e. The second-order valence-electron chi connectivity index (χ2n) is 6.57. The molecule has 2 aromatic carbocycles. The molecular weight excluding hydrogens is 284 g/mol. The topological polar surface area (TPSA) is 38.9 Å². The summed E-state index contributed by atoms with van der Waals surface area (Å²) in [5, 5.41) is 8.33. The van der Waals surface area contributed by atoms with Gasteiger partial charge in [-0.2, -0.15) is 0 Å². The van der Waals surface area contributed by atoms with Crippen molar-refractivity contribution in [1.29, 1.82) is 0 Å². The molecule has 0 aliphatic carbocycles. The Morgan fingerprint density at radius 1 is 0.913 bits per heavy atom. The third-order valence-corrected chi connectivity index (χ3v) is 3.79. The van der Waals surface area contributed by atoms with E-state index in [0.717, 1.165) is 16.7 Å². The van der Waals surface area contributed by atoms with Crippen LogP contribution >= 0.6 is 0 Å². The van der Waals surface area contributed by atoms with E-state index in [1.807, 2.05) is 36.4 Å². The summed E-state index contributed by atoms with van der Waals surface area (Å²) in [6, 6.07) is 16.1. The Morgan fingerprint density at radius 3 is 2.17 bits per heavy atom. The number of nitrogens with zero attached hydrogens (tertiary/aromatic N) is 2. The van der Waals surface area contributed by atoms with E-state index in [-0.39, 0.29) is 5.41 Å². The molecule has 0 unspecified atom stereocenters. The highest BCUT2D eigenvalue weighted by molar-refractivity contribution is 5.62. The normalized spacial score (nSPS) is 11.4. The van der Waals surface area contributed by atoms with Crippen molar-refractivity contribution < 1.29 is 4.42 Å². The van der Waals surface area contributed by atoms with Crippen molar-refractivity contribution in [3.05, 3.63) is 66.2 Å². The molecule has 0 aliphatic rings. The van der Waals surface area contributed by atoms with Gasteiger partial charge < -0.3 is 4.42 Å². The van der Waals surface area contributed by atoms with E-state index < -0.39 is 0 Å². The van der Waals surface area contributed by atoms with Gasteiger partial charge >= 0.3 is 0 Å². The molecule has 0 fully saturated rings. The number of aromatic nitrogens is 2. The summed E-state index contributed by atoms with van der Waals surface area (Å²) in [5.41, 5.74) is 4.25. The number of hydrogen-bond acceptors (Lipinski definition) is 3. The van der Waals surface area contributed by atoms with Crippen LogP contribution in [0.3, 0.4) is 0 Å². The molecule has 0 saturated heterocycles. The van der Waals surface area contributed by atoms with Gasteiger partial charge in [0.2, 0.25) is 11.8 Å². The van der Waals surface area contributed by atoms with Gasteiger partial charge in [-0.3, -0.25) is 0 Å². The number of rotatable bonds is 3. The molecule has 1 heterocycles. The van der Waals surface area contributed by atoms with Crippen molar-refractivity contribution >= 4 is 6.08 Å². The van der Waals surface area contributed by atoms with Gasteiger partial charge in [-0.1, -0.05) is 57.7 Å². The molecule has 3 nitrogen and oxygen atoms in total. The van der Waals surface area contributed by atoms with Gasteiger partial charge in [0.05, 0.1) is 0 Å².